The van der Waals surface area contributed by atoms with Crippen molar-refractivity contribution in [1.82, 2.24) is 4.90 Å². The zero-order valence-corrected chi connectivity index (χ0v) is 13.4. The van der Waals surface area contributed by atoms with Gasteiger partial charge in [-0.15, -0.1) is 0 Å². The molecule has 1 fully saturated rings. The van der Waals surface area contributed by atoms with Gasteiger partial charge in [-0.25, -0.2) is 0 Å². The summed E-state index contributed by atoms with van der Waals surface area (Å²) < 4.78 is 5.42. The Balaban J connectivity index is 0. The van der Waals surface area contributed by atoms with E-state index in [-0.39, 0.29) is 41.3 Å². The van der Waals surface area contributed by atoms with E-state index in [1.54, 1.807) is 0 Å². The number of morpholine rings is 1. The molecule has 0 aromatic carbocycles. The zero-order chi connectivity index (χ0) is 9.56. The van der Waals surface area contributed by atoms with Crippen LogP contribution in [-0.2, 0) is 4.74 Å². The molecule has 0 spiro atoms. The van der Waals surface area contributed by atoms with Crippen LogP contribution in [0.5, 0.6) is 0 Å². The molecular weight excluding hydrogens is 291 g/mol. The Labute approximate surface area is 116 Å². The van der Waals surface area contributed by atoms with E-state index in [1.165, 1.54) is 0 Å². The van der Waals surface area contributed by atoms with E-state index in [2.05, 4.69) is 25.7 Å². The van der Waals surface area contributed by atoms with Crippen molar-refractivity contribution in [2.24, 2.45) is 0 Å². The third-order valence-electron chi connectivity index (χ3n) is 2.00. The molecule has 13 heavy (non-hydrogen) atoms. The normalized spacial score (nSPS) is 23.1. The molecule has 1 aliphatic heterocycles. The fraction of sp³-hybridized carbons (Fsp3) is 1.00. The molecule has 0 N–H and O–H groups in total. The summed E-state index contributed by atoms with van der Waals surface area (Å²) in [4.78, 5) is 2.45. The van der Waals surface area contributed by atoms with Crippen LogP contribution in [0.2, 0.25) is 0 Å². The van der Waals surface area contributed by atoms with Crippen molar-refractivity contribution in [1.29, 1.82) is 0 Å². The Morgan fingerprint density at radius 3 is 2.15 bits per heavy atom. The zero-order valence-electron chi connectivity index (χ0n) is 9.71. The smallest absolute Gasteiger partial charge is 0.0674 e. The van der Waals surface area contributed by atoms with E-state index >= 15 is 0 Å². The Bertz CT molecular complexity index is 109. The van der Waals surface area contributed by atoms with Gasteiger partial charge >= 0.3 is 0 Å². The quantitative estimate of drug-likeness (QED) is 0.735. The van der Waals surface area contributed by atoms with Crippen LogP contribution in [0, 0.1) is 41.3 Å². The van der Waals surface area contributed by atoms with Crippen LogP contribution in [0.1, 0.15) is 34.6 Å². The molecule has 1 saturated heterocycles. The van der Waals surface area contributed by atoms with E-state index in [0.717, 1.165) is 19.7 Å². The summed E-state index contributed by atoms with van der Waals surface area (Å²) in [7, 11) is 0. The van der Waals surface area contributed by atoms with Crippen LogP contribution >= 0.6 is 0 Å². The molecule has 2 nitrogen and oxygen atoms in total. The van der Waals surface area contributed by atoms with Crippen molar-refractivity contribution >= 4 is 0 Å². The first kappa shape index (κ1) is 16.7. The summed E-state index contributed by atoms with van der Waals surface area (Å²) >= 11 is 0. The maximum atomic E-state index is 5.42. The number of hydrogen-bond donors (Lipinski definition) is 0. The molecule has 1 atom stereocenters. The van der Waals surface area contributed by atoms with E-state index in [0.29, 0.717) is 12.1 Å². The van der Waals surface area contributed by atoms with Gasteiger partial charge in [0.25, 0.3) is 0 Å². The molecule has 1 aliphatic rings. The fourth-order valence-corrected chi connectivity index (χ4v) is 1.31. The summed E-state index contributed by atoms with van der Waals surface area (Å²) in [6.07, 6.45) is 0.427. The van der Waals surface area contributed by atoms with Gasteiger partial charge in [-0.1, -0.05) is 13.8 Å². The van der Waals surface area contributed by atoms with Gasteiger partial charge in [0.2, 0.25) is 0 Å². The van der Waals surface area contributed by atoms with Crippen LogP contribution in [0.25, 0.3) is 0 Å². The monoisotopic (exact) mass is 314 g/mol. The Kier molecular flexibility index (Phi) is 12.6. The second-order valence-corrected chi connectivity index (χ2v) is 3.27. The maximum absolute atomic E-state index is 5.42. The maximum Gasteiger partial charge on any atom is 0.0674 e. The molecular formula is C10H23NOPr. The molecule has 0 saturated carbocycles. The molecule has 1 radical (unpaired) electrons. The second-order valence-electron chi connectivity index (χ2n) is 3.27. The third-order valence-corrected chi connectivity index (χ3v) is 2.00. The van der Waals surface area contributed by atoms with Crippen molar-refractivity contribution in [2.45, 2.75) is 46.8 Å². The molecule has 0 aromatic heterocycles. The molecule has 0 bridgehead atoms. The Morgan fingerprint density at radius 1 is 1.31 bits per heavy atom. The summed E-state index contributed by atoms with van der Waals surface area (Å²) in [5.41, 5.74) is 0. The van der Waals surface area contributed by atoms with Gasteiger partial charge in [0.15, 0.2) is 0 Å². The van der Waals surface area contributed by atoms with Crippen molar-refractivity contribution in [2.75, 3.05) is 19.7 Å². The van der Waals surface area contributed by atoms with E-state index in [9.17, 15) is 0 Å². The van der Waals surface area contributed by atoms with Gasteiger partial charge in [-0.05, 0) is 20.8 Å². The molecule has 1 rings (SSSR count). The Hall–Kier alpha value is 1.28. The number of hydrogen-bond acceptors (Lipinski definition) is 2. The minimum absolute atomic E-state index is 0. The van der Waals surface area contributed by atoms with Gasteiger partial charge < -0.3 is 4.74 Å². The van der Waals surface area contributed by atoms with Gasteiger partial charge in [0, 0.05) is 60.4 Å². The average molecular weight is 314 g/mol. The van der Waals surface area contributed by atoms with Gasteiger partial charge in [0.05, 0.1) is 12.7 Å². The van der Waals surface area contributed by atoms with Crippen LogP contribution < -0.4 is 0 Å². The Morgan fingerprint density at radius 2 is 1.85 bits per heavy atom. The van der Waals surface area contributed by atoms with Gasteiger partial charge in [-0.3, -0.25) is 4.90 Å². The molecule has 0 aliphatic carbocycles. The molecule has 77 valence electrons. The standard InChI is InChI=1S/C8H17NO.C2H6.Pr/c1-7(2)9-4-5-10-8(3)6-9;1-2;/h7-8H,4-6H2,1-3H3;1-2H3;/t8-;;/m1../s1. The largest absolute Gasteiger partial charge is 0.376 e. The minimum atomic E-state index is 0. The molecule has 0 amide bonds. The third kappa shape index (κ3) is 7.24. The predicted octanol–water partition coefficient (Wildman–Crippen LogP) is 2.14. The first-order chi connectivity index (χ1) is 5.70. The topological polar surface area (TPSA) is 12.5 Å². The fourth-order valence-electron chi connectivity index (χ4n) is 1.31. The summed E-state index contributed by atoms with van der Waals surface area (Å²) in [6, 6.07) is 0.673. The number of rotatable bonds is 1. The summed E-state index contributed by atoms with van der Waals surface area (Å²) in [5, 5.41) is 0. The van der Waals surface area contributed by atoms with Crippen molar-refractivity contribution in [3.8, 4) is 0 Å². The molecule has 0 aromatic rings. The van der Waals surface area contributed by atoms with E-state index < -0.39 is 0 Å². The molecule has 0 unspecified atom stereocenters. The van der Waals surface area contributed by atoms with E-state index in [4.69, 9.17) is 4.74 Å². The molecule has 1 heterocycles. The molecule has 3 heteroatoms. The number of ether oxygens (including phenoxy) is 1. The first-order valence-corrected chi connectivity index (χ1v) is 5.06. The SMILES string of the molecule is CC.CC(C)N1CCO[C@H](C)C1.[Pr]. The van der Waals surface area contributed by atoms with Crippen LogP contribution in [0.3, 0.4) is 0 Å². The van der Waals surface area contributed by atoms with Crippen LogP contribution in [0.15, 0.2) is 0 Å². The van der Waals surface area contributed by atoms with Crippen molar-refractivity contribution < 1.29 is 46.0 Å². The average Bonchev–Trinajstić information content (AvgIpc) is 2.08. The minimum Gasteiger partial charge on any atom is -0.376 e. The van der Waals surface area contributed by atoms with Crippen molar-refractivity contribution in [3.05, 3.63) is 0 Å². The van der Waals surface area contributed by atoms with Crippen LogP contribution in [-0.4, -0.2) is 36.7 Å². The predicted molar refractivity (Wildman–Crippen MR) is 53.5 cm³/mol. The summed E-state index contributed by atoms with van der Waals surface area (Å²) in [5.74, 6) is 0. The van der Waals surface area contributed by atoms with Crippen LogP contribution in [0.4, 0.5) is 0 Å². The summed E-state index contributed by atoms with van der Waals surface area (Å²) in [6.45, 7) is 13.7. The second kappa shape index (κ2) is 9.82. The van der Waals surface area contributed by atoms with Crippen molar-refractivity contribution in [3.63, 3.8) is 0 Å². The first-order valence-electron chi connectivity index (χ1n) is 5.06. The van der Waals surface area contributed by atoms with Gasteiger partial charge in [-0.2, -0.15) is 0 Å². The number of nitrogens with zero attached hydrogens (tertiary/aromatic N) is 1. The van der Waals surface area contributed by atoms with E-state index in [1.807, 2.05) is 13.8 Å². The van der Waals surface area contributed by atoms with Gasteiger partial charge in [0.1, 0.15) is 0 Å².